The fraction of sp³-hybridized carbons (Fsp3) is 0.538. The molecule has 0 unspecified atom stereocenters. The molecule has 3 aliphatic rings. The highest BCUT2D eigenvalue weighted by atomic mass is 32.2. The van der Waals surface area contributed by atoms with Gasteiger partial charge in [0.25, 0.3) is 0 Å². The van der Waals surface area contributed by atoms with Crippen LogP contribution in [-0.4, -0.2) is 18.8 Å². The molecule has 80 valence electrons. The maximum Gasteiger partial charge on any atom is 0.00789 e. The van der Waals surface area contributed by atoms with Crippen LogP contribution in [0.5, 0.6) is 0 Å². The number of nitrogens with one attached hydrogen (secondary N) is 1. The second-order valence-corrected chi connectivity index (χ2v) is 5.72. The lowest BCUT2D eigenvalue weighted by atomic mass is 9.74. The molecule has 1 spiro atoms. The van der Waals surface area contributed by atoms with E-state index in [1.807, 2.05) is 0 Å². The van der Waals surface area contributed by atoms with Gasteiger partial charge >= 0.3 is 0 Å². The maximum atomic E-state index is 3.48. The van der Waals surface area contributed by atoms with Gasteiger partial charge in [0.1, 0.15) is 0 Å². The zero-order valence-corrected chi connectivity index (χ0v) is 9.78. The van der Waals surface area contributed by atoms with Crippen molar-refractivity contribution in [1.82, 2.24) is 5.32 Å². The Morgan fingerprint density at radius 3 is 2.93 bits per heavy atom. The molecule has 0 amide bonds. The van der Waals surface area contributed by atoms with Crippen LogP contribution in [0.25, 0.3) is 0 Å². The SMILES string of the molecule is C1=CCC2=C(C=C1)C1(CCNCC1)CS2. The van der Waals surface area contributed by atoms with E-state index in [0.717, 1.165) is 6.42 Å². The first kappa shape index (κ1) is 9.73. The summed E-state index contributed by atoms with van der Waals surface area (Å²) < 4.78 is 0. The van der Waals surface area contributed by atoms with Crippen LogP contribution in [0.15, 0.2) is 34.8 Å². The van der Waals surface area contributed by atoms with E-state index in [1.165, 1.54) is 31.7 Å². The first-order valence-electron chi connectivity index (χ1n) is 5.81. The number of fused-ring (bicyclic) bond motifs is 1. The van der Waals surface area contributed by atoms with E-state index in [-0.39, 0.29) is 0 Å². The van der Waals surface area contributed by atoms with E-state index >= 15 is 0 Å². The molecule has 0 radical (unpaired) electrons. The molecule has 0 aromatic carbocycles. The summed E-state index contributed by atoms with van der Waals surface area (Å²) in [5.74, 6) is 1.32. The minimum Gasteiger partial charge on any atom is -0.317 e. The van der Waals surface area contributed by atoms with Gasteiger partial charge in [-0.15, -0.1) is 11.8 Å². The average Bonchev–Trinajstić information content (AvgIpc) is 2.51. The average molecular weight is 219 g/mol. The van der Waals surface area contributed by atoms with Crippen molar-refractivity contribution in [3.8, 4) is 0 Å². The van der Waals surface area contributed by atoms with Crippen LogP contribution in [-0.2, 0) is 0 Å². The lowest BCUT2D eigenvalue weighted by Crippen LogP contribution is -2.38. The Morgan fingerprint density at radius 2 is 2.07 bits per heavy atom. The zero-order chi connectivity index (χ0) is 10.1. The molecule has 1 nitrogen and oxygen atoms in total. The van der Waals surface area contributed by atoms with Crippen molar-refractivity contribution in [2.75, 3.05) is 18.8 Å². The van der Waals surface area contributed by atoms with Crippen LogP contribution in [0.2, 0.25) is 0 Å². The van der Waals surface area contributed by atoms with E-state index in [9.17, 15) is 0 Å². The van der Waals surface area contributed by atoms with E-state index in [4.69, 9.17) is 0 Å². The van der Waals surface area contributed by atoms with E-state index in [2.05, 4.69) is 41.4 Å². The topological polar surface area (TPSA) is 12.0 Å². The molecular weight excluding hydrogens is 202 g/mol. The summed E-state index contributed by atoms with van der Waals surface area (Å²) in [5, 5.41) is 3.48. The molecule has 0 atom stereocenters. The Balaban J connectivity index is 1.95. The van der Waals surface area contributed by atoms with Crippen molar-refractivity contribution in [1.29, 1.82) is 0 Å². The first-order chi connectivity index (χ1) is 7.41. The Morgan fingerprint density at radius 1 is 1.20 bits per heavy atom. The number of allylic oxidation sites excluding steroid dienone is 6. The van der Waals surface area contributed by atoms with Crippen molar-refractivity contribution in [2.45, 2.75) is 19.3 Å². The number of rotatable bonds is 0. The Kier molecular flexibility index (Phi) is 2.49. The predicted molar refractivity (Wildman–Crippen MR) is 66.9 cm³/mol. The highest BCUT2D eigenvalue weighted by Crippen LogP contribution is 2.52. The Hall–Kier alpha value is -0.470. The van der Waals surface area contributed by atoms with Crippen LogP contribution in [0.1, 0.15) is 19.3 Å². The van der Waals surface area contributed by atoms with Crippen molar-refractivity contribution in [3.05, 3.63) is 34.8 Å². The summed E-state index contributed by atoms with van der Waals surface area (Å²) in [4.78, 5) is 1.63. The second kappa shape index (κ2) is 3.84. The van der Waals surface area contributed by atoms with Crippen molar-refractivity contribution >= 4 is 11.8 Å². The molecule has 0 aromatic rings. The van der Waals surface area contributed by atoms with Crippen LogP contribution in [0, 0.1) is 5.41 Å². The van der Waals surface area contributed by atoms with Crippen LogP contribution >= 0.6 is 11.8 Å². The Bertz CT molecular complexity index is 346. The van der Waals surface area contributed by atoms with Gasteiger partial charge < -0.3 is 5.32 Å². The third-order valence-corrected chi connectivity index (χ3v) is 5.20. The minimum absolute atomic E-state index is 0.508. The van der Waals surface area contributed by atoms with Crippen molar-refractivity contribution in [2.24, 2.45) is 5.41 Å². The molecule has 0 saturated carbocycles. The van der Waals surface area contributed by atoms with Gasteiger partial charge in [-0.05, 0) is 42.8 Å². The molecular formula is C13H17NS. The number of thioether (sulfide) groups is 1. The fourth-order valence-electron chi connectivity index (χ4n) is 2.84. The molecule has 1 N–H and O–H groups in total. The highest BCUT2D eigenvalue weighted by molar-refractivity contribution is 8.03. The predicted octanol–water partition coefficient (Wildman–Crippen LogP) is 2.87. The summed E-state index contributed by atoms with van der Waals surface area (Å²) >= 11 is 2.09. The number of hydrogen-bond acceptors (Lipinski definition) is 2. The molecule has 0 bridgehead atoms. The van der Waals surface area contributed by atoms with Gasteiger partial charge in [-0.3, -0.25) is 0 Å². The summed E-state index contributed by atoms with van der Waals surface area (Å²) in [6, 6.07) is 0. The normalized spacial score (nSPS) is 28.3. The largest absolute Gasteiger partial charge is 0.317 e. The standard InChI is InChI=1S/C13H17NS/c1-2-4-11-12(5-3-1)15-10-13(11)6-8-14-9-7-13/h1-4,14H,5-10H2. The molecule has 2 heteroatoms. The number of hydrogen-bond donors (Lipinski definition) is 1. The van der Waals surface area contributed by atoms with Crippen LogP contribution < -0.4 is 5.32 Å². The lowest BCUT2D eigenvalue weighted by molar-refractivity contribution is 0.298. The van der Waals surface area contributed by atoms with Crippen LogP contribution in [0.3, 0.4) is 0 Å². The van der Waals surface area contributed by atoms with Crippen molar-refractivity contribution < 1.29 is 0 Å². The lowest BCUT2D eigenvalue weighted by Gasteiger charge is -2.35. The minimum atomic E-state index is 0.508. The summed E-state index contributed by atoms with van der Waals surface area (Å²) in [5.41, 5.74) is 2.16. The molecule has 3 rings (SSSR count). The second-order valence-electron chi connectivity index (χ2n) is 4.65. The fourth-order valence-corrected chi connectivity index (χ4v) is 4.39. The molecule has 2 aliphatic heterocycles. The van der Waals surface area contributed by atoms with E-state index in [0.29, 0.717) is 5.41 Å². The van der Waals surface area contributed by atoms with E-state index < -0.39 is 0 Å². The quantitative estimate of drug-likeness (QED) is 0.672. The van der Waals surface area contributed by atoms with Gasteiger partial charge in [-0.1, -0.05) is 24.3 Å². The van der Waals surface area contributed by atoms with Crippen molar-refractivity contribution in [3.63, 3.8) is 0 Å². The molecule has 1 aliphatic carbocycles. The number of piperidine rings is 1. The molecule has 0 aromatic heterocycles. The highest BCUT2D eigenvalue weighted by Gasteiger charge is 2.40. The van der Waals surface area contributed by atoms with Gasteiger partial charge in [0.15, 0.2) is 0 Å². The summed E-state index contributed by atoms with van der Waals surface area (Å²) in [7, 11) is 0. The smallest absolute Gasteiger partial charge is 0.00789 e. The maximum absolute atomic E-state index is 3.48. The van der Waals surface area contributed by atoms with Gasteiger partial charge in [0.2, 0.25) is 0 Å². The van der Waals surface area contributed by atoms with Crippen LogP contribution in [0.4, 0.5) is 0 Å². The molecule has 15 heavy (non-hydrogen) atoms. The van der Waals surface area contributed by atoms with Gasteiger partial charge in [0, 0.05) is 11.2 Å². The summed E-state index contributed by atoms with van der Waals surface area (Å²) in [6.45, 7) is 2.39. The Labute approximate surface area is 95.7 Å². The molecule has 1 fully saturated rings. The van der Waals surface area contributed by atoms with Gasteiger partial charge in [-0.2, -0.15) is 0 Å². The molecule has 1 saturated heterocycles. The van der Waals surface area contributed by atoms with E-state index in [1.54, 1.807) is 10.5 Å². The van der Waals surface area contributed by atoms with Gasteiger partial charge in [-0.25, -0.2) is 0 Å². The van der Waals surface area contributed by atoms with Gasteiger partial charge in [0.05, 0.1) is 0 Å². The summed E-state index contributed by atoms with van der Waals surface area (Å²) in [6.07, 6.45) is 12.9. The molecule has 2 heterocycles. The third kappa shape index (κ3) is 1.60. The monoisotopic (exact) mass is 219 g/mol. The zero-order valence-electron chi connectivity index (χ0n) is 8.96. The first-order valence-corrected chi connectivity index (χ1v) is 6.80. The third-order valence-electron chi connectivity index (χ3n) is 3.77.